The van der Waals surface area contributed by atoms with Crippen molar-refractivity contribution in [2.75, 3.05) is 7.11 Å². The van der Waals surface area contributed by atoms with Gasteiger partial charge in [0.2, 0.25) is 0 Å². The van der Waals surface area contributed by atoms with E-state index < -0.39 is 30.6 Å². The van der Waals surface area contributed by atoms with Crippen LogP contribution in [0.5, 0.6) is 5.75 Å². The van der Waals surface area contributed by atoms with Gasteiger partial charge in [-0.2, -0.15) is 13.2 Å². The predicted molar refractivity (Wildman–Crippen MR) is 99.3 cm³/mol. The van der Waals surface area contributed by atoms with Crippen LogP contribution in [-0.2, 0) is 17.0 Å². The number of benzene rings is 2. The Balaban J connectivity index is 2.54. The van der Waals surface area contributed by atoms with Gasteiger partial charge in [0.25, 0.3) is 0 Å². The van der Waals surface area contributed by atoms with E-state index in [1.54, 1.807) is 24.3 Å². The summed E-state index contributed by atoms with van der Waals surface area (Å²) >= 11 is 0. The van der Waals surface area contributed by atoms with E-state index in [-0.39, 0.29) is 10.5 Å². The Kier molecular flexibility index (Phi) is 5.99. The molecular formula is C19H19F3O2SSi. The molecule has 0 saturated carbocycles. The van der Waals surface area contributed by atoms with Gasteiger partial charge >= 0.3 is 6.18 Å². The molecule has 0 aliphatic heterocycles. The fourth-order valence-electron chi connectivity index (χ4n) is 2.05. The van der Waals surface area contributed by atoms with Crippen LogP contribution < -0.4 is 4.74 Å². The highest BCUT2D eigenvalue weighted by atomic mass is 32.2. The van der Waals surface area contributed by atoms with Crippen LogP contribution in [-0.4, -0.2) is 19.4 Å². The average Bonchev–Trinajstić information content (AvgIpc) is 2.57. The molecule has 0 fully saturated rings. The highest BCUT2D eigenvalue weighted by Crippen LogP contribution is 2.32. The van der Waals surface area contributed by atoms with Crippen molar-refractivity contribution in [1.82, 2.24) is 0 Å². The minimum atomic E-state index is -4.48. The minimum Gasteiger partial charge on any atom is -0.497 e. The molecule has 0 aliphatic carbocycles. The van der Waals surface area contributed by atoms with Crippen molar-refractivity contribution in [1.29, 1.82) is 0 Å². The predicted octanol–water partition coefficient (Wildman–Crippen LogP) is 5.11. The van der Waals surface area contributed by atoms with E-state index in [2.05, 4.69) is 11.5 Å². The quantitative estimate of drug-likeness (QED) is 0.532. The highest BCUT2D eigenvalue weighted by molar-refractivity contribution is 7.85. The average molecular weight is 397 g/mol. The van der Waals surface area contributed by atoms with Crippen LogP contribution in [0.1, 0.15) is 11.1 Å². The second kappa shape index (κ2) is 7.68. The Morgan fingerprint density at radius 2 is 1.65 bits per heavy atom. The van der Waals surface area contributed by atoms with E-state index >= 15 is 0 Å². The van der Waals surface area contributed by atoms with Crippen LogP contribution in [0.25, 0.3) is 0 Å². The summed E-state index contributed by atoms with van der Waals surface area (Å²) < 4.78 is 57.1. The van der Waals surface area contributed by atoms with Crippen LogP contribution >= 0.6 is 0 Å². The zero-order chi connectivity index (χ0) is 19.5. The molecule has 138 valence electrons. The third-order valence-corrected chi connectivity index (χ3v) is 5.68. The van der Waals surface area contributed by atoms with Crippen molar-refractivity contribution in [3.8, 4) is 17.2 Å². The smallest absolute Gasteiger partial charge is 0.416 e. The summed E-state index contributed by atoms with van der Waals surface area (Å²) in [5, 5.41) is 0. The van der Waals surface area contributed by atoms with E-state index in [1.165, 1.54) is 13.2 Å². The van der Waals surface area contributed by atoms with Crippen molar-refractivity contribution >= 4 is 18.9 Å². The van der Waals surface area contributed by atoms with Gasteiger partial charge in [-0.15, -0.1) is 5.54 Å². The Hall–Kier alpha value is -2.04. The molecule has 0 heterocycles. The first-order chi connectivity index (χ1) is 12.0. The summed E-state index contributed by atoms with van der Waals surface area (Å²) in [7, 11) is -1.93. The van der Waals surface area contributed by atoms with E-state index in [4.69, 9.17) is 4.74 Å². The molecule has 2 aromatic rings. The van der Waals surface area contributed by atoms with Gasteiger partial charge in [-0.3, -0.25) is 0 Å². The van der Waals surface area contributed by atoms with Gasteiger partial charge in [0.1, 0.15) is 13.8 Å². The third kappa shape index (κ3) is 5.23. The molecule has 2 rings (SSSR count). The lowest BCUT2D eigenvalue weighted by atomic mass is 10.1. The molecule has 0 saturated heterocycles. The molecule has 0 amide bonds. The highest BCUT2D eigenvalue weighted by Gasteiger charge is 2.31. The zero-order valence-electron chi connectivity index (χ0n) is 14.9. The topological polar surface area (TPSA) is 26.3 Å². The summed E-state index contributed by atoms with van der Waals surface area (Å²) in [6, 6.07) is 9.73. The first-order valence-electron chi connectivity index (χ1n) is 7.81. The molecule has 1 atom stereocenters. The molecule has 0 aliphatic rings. The molecule has 0 spiro atoms. The molecule has 0 bridgehead atoms. The monoisotopic (exact) mass is 396 g/mol. The number of methoxy groups -OCH3 is 1. The molecule has 0 N–H and O–H groups in total. The minimum absolute atomic E-state index is 0.149. The number of halogens is 3. The van der Waals surface area contributed by atoms with E-state index in [0.29, 0.717) is 10.6 Å². The maximum atomic E-state index is 13.1. The van der Waals surface area contributed by atoms with Gasteiger partial charge in [0, 0.05) is 10.5 Å². The Morgan fingerprint density at radius 1 is 1.04 bits per heavy atom. The summed E-state index contributed by atoms with van der Waals surface area (Å²) in [5.74, 6) is 3.44. The lowest BCUT2D eigenvalue weighted by Gasteiger charge is -2.11. The molecule has 7 heteroatoms. The molecule has 1 unspecified atom stereocenters. The van der Waals surface area contributed by atoms with Gasteiger partial charge in [0.15, 0.2) is 0 Å². The van der Waals surface area contributed by atoms with Crippen LogP contribution in [0.3, 0.4) is 0 Å². The largest absolute Gasteiger partial charge is 0.497 e. The maximum Gasteiger partial charge on any atom is 0.416 e. The second-order valence-electron chi connectivity index (χ2n) is 6.65. The molecule has 0 aromatic heterocycles. The third-order valence-electron chi connectivity index (χ3n) is 3.35. The van der Waals surface area contributed by atoms with Crippen LogP contribution in [0.2, 0.25) is 19.6 Å². The number of hydrogen-bond donors (Lipinski definition) is 0. The Morgan fingerprint density at radius 3 is 2.15 bits per heavy atom. The maximum absolute atomic E-state index is 13.1. The van der Waals surface area contributed by atoms with Crippen molar-refractivity contribution in [2.45, 2.75) is 35.6 Å². The van der Waals surface area contributed by atoms with Crippen molar-refractivity contribution in [3.63, 3.8) is 0 Å². The molecule has 2 aromatic carbocycles. The van der Waals surface area contributed by atoms with Gasteiger partial charge in [0.05, 0.1) is 28.4 Å². The zero-order valence-corrected chi connectivity index (χ0v) is 16.7. The van der Waals surface area contributed by atoms with Crippen molar-refractivity contribution < 1.29 is 22.1 Å². The van der Waals surface area contributed by atoms with Gasteiger partial charge in [-0.25, -0.2) is 4.21 Å². The summed E-state index contributed by atoms with van der Waals surface area (Å²) in [6.45, 7) is 5.98. The first kappa shape index (κ1) is 20.3. The lowest BCUT2D eigenvalue weighted by Crippen LogP contribution is -2.16. The second-order valence-corrected chi connectivity index (χ2v) is 12.9. The molecule has 26 heavy (non-hydrogen) atoms. The molecule has 0 radical (unpaired) electrons. The van der Waals surface area contributed by atoms with Gasteiger partial charge < -0.3 is 4.74 Å². The number of alkyl halides is 3. The Labute approximate surface area is 154 Å². The van der Waals surface area contributed by atoms with Crippen LogP contribution in [0.15, 0.2) is 52.3 Å². The van der Waals surface area contributed by atoms with Crippen LogP contribution in [0, 0.1) is 11.5 Å². The van der Waals surface area contributed by atoms with E-state index in [9.17, 15) is 17.4 Å². The number of hydrogen-bond acceptors (Lipinski definition) is 2. The van der Waals surface area contributed by atoms with Crippen molar-refractivity contribution in [3.05, 3.63) is 53.6 Å². The van der Waals surface area contributed by atoms with Gasteiger partial charge in [-0.1, -0.05) is 25.6 Å². The van der Waals surface area contributed by atoms with E-state index in [1.807, 2.05) is 19.6 Å². The van der Waals surface area contributed by atoms with Gasteiger partial charge in [-0.05, 0) is 42.5 Å². The summed E-state index contributed by atoms with van der Waals surface area (Å²) in [5.41, 5.74) is 2.40. The molecular weight excluding hydrogens is 377 g/mol. The fourth-order valence-corrected chi connectivity index (χ4v) is 3.69. The summed E-state index contributed by atoms with van der Waals surface area (Å²) in [6.07, 6.45) is -4.48. The lowest BCUT2D eigenvalue weighted by molar-refractivity contribution is -0.137. The van der Waals surface area contributed by atoms with Crippen LogP contribution in [0.4, 0.5) is 13.2 Å². The fraction of sp³-hybridized carbons (Fsp3) is 0.263. The Bertz CT molecular complexity index is 873. The SMILES string of the molecule is COc1ccc(S(=O)c2ccc(C(F)(F)F)cc2C#C[Si](C)(C)C)cc1. The summed E-state index contributed by atoms with van der Waals surface area (Å²) in [4.78, 5) is 0.746. The van der Waals surface area contributed by atoms with Crippen molar-refractivity contribution in [2.24, 2.45) is 0 Å². The normalized spacial score (nSPS) is 12.9. The van der Waals surface area contributed by atoms with E-state index in [0.717, 1.165) is 12.1 Å². The number of ether oxygens (including phenoxy) is 1. The first-order valence-corrected chi connectivity index (χ1v) is 12.5. The standard InChI is InChI=1S/C19H19F3O2SSi/c1-24-16-6-8-17(9-7-16)25(23)18-10-5-15(19(20,21)22)13-14(18)11-12-26(2,3)4/h5-10,13H,1-4H3. The number of rotatable bonds is 3. The molecule has 2 nitrogen and oxygen atoms in total.